The fourth-order valence-corrected chi connectivity index (χ4v) is 3.09. The minimum Gasteiger partial charge on any atom is -0.296 e. The maximum absolute atomic E-state index is 13.4. The Hall–Kier alpha value is -0.540. The van der Waals surface area contributed by atoms with Gasteiger partial charge in [0.25, 0.3) is 0 Å². The standard InChI is InChI=1S/C12H16FNS/c1-8-4-5-9(6-10(8)13)11-14-12(2,3)7-15-11/h4-6,11,14H,7H2,1-3H3. The van der Waals surface area contributed by atoms with E-state index in [1.807, 2.05) is 23.9 Å². The molecule has 1 aliphatic rings. The molecule has 0 amide bonds. The zero-order chi connectivity index (χ0) is 11.1. The zero-order valence-electron chi connectivity index (χ0n) is 9.30. The molecule has 0 spiro atoms. The quantitative estimate of drug-likeness (QED) is 0.787. The van der Waals surface area contributed by atoms with Crippen molar-refractivity contribution in [1.82, 2.24) is 5.32 Å². The monoisotopic (exact) mass is 225 g/mol. The molecular formula is C12H16FNS. The molecule has 1 atom stereocenters. The van der Waals surface area contributed by atoms with E-state index in [1.165, 1.54) is 0 Å². The van der Waals surface area contributed by atoms with E-state index in [1.54, 1.807) is 13.0 Å². The molecule has 0 radical (unpaired) electrons. The first-order valence-corrected chi connectivity index (χ1v) is 6.18. The molecule has 0 aromatic heterocycles. The number of halogens is 1. The molecule has 0 aliphatic carbocycles. The molecule has 3 heteroatoms. The second-order valence-electron chi connectivity index (χ2n) is 4.73. The van der Waals surface area contributed by atoms with Crippen molar-refractivity contribution < 1.29 is 4.39 Å². The minimum atomic E-state index is -0.111. The van der Waals surface area contributed by atoms with Crippen molar-refractivity contribution in [3.05, 3.63) is 35.1 Å². The highest BCUT2D eigenvalue weighted by Gasteiger charge is 2.31. The lowest BCUT2D eigenvalue weighted by molar-refractivity contribution is 0.451. The Bertz CT molecular complexity index is 376. The van der Waals surface area contributed by atoms with Crippen molar-refractivity contribution in [1.29, 1.82) is 0 Å². The molecule has 1 aliphatic heterocycles. The Kier molecular flexibility index (Phi) is 2.77. The van der Waals surface area contributed by atoms with Crippen molar-refractivity contribution in [3.63, 3.8) is 0 Å². The third-order valence-electron chi connectivity index (χ3n) is 2.63. The van der Waals surface area contributed by atoms with Crippen LogP contribution in [-0.4, -0.2) is 11.3 Å². The van der Waals surface area contributed by atoms with Gasteiger partial charge in [0.1, 0.15) is 5.82 Å². The van der Waals surface area contributed by atoms with Crippen molar-refractivity contribution in [2.75, 3.05) is 5.75 Å². The molecule has 2 rings (SSSR count). The van der Waals surface area contributed by atoms with Gasteiger partial charge in [-0.15, -0.1) is 11.8 Å². The predicted octanol–water partition coefficient (Wildman–Crippen LogP) is 3.25. The largest absolute Gasteiger partial charge is 0.296 e. The maximum atomic E-state index is 13.4. The van der Waals surface area contributed by atoms with Crippen LogP contribution in [0, 0.1) is 12.7 Å². The van der Waals surface area contributed by atoms with E-state index in [4.69, 9.17) is 0 Å². The second-order valence-corrected chi connectivity index (χ2v) is 5.82. The molecule has 1 saturated heterocycles. The van der Waals surface area contributed by atoms with Crippen LogP contribution < -0.4 is 5.32 Å². The summed E-state index contributed by atoms with van der Waals surface area (Å²) in [6.07, 6.45) is 0. The van der Waals surface area contributed by atoms with Crippen LogP contribution in [0.1, 0.15) is 30.3 Å². The third kappa shape index (κ3) is 2.34. The van der Waals surface area contributed by atoms with Gasteiger partial charge in [0, 0.05) is 11.3 Å². The van der Waals surface area contributed by atoms with Crippen LogP contribution in [0.4, 0.5) is 4.39 Å². The normalized spacial score (nSPS) is 24.4. The summed E-state index contributed by atoms with van der Waals surface area (Å²) in [6, 6.07) is 5.49. The van der Waals surface area contributed by atoms with E-state index < -0.39 is 0 Å². The van der Waals surface area contributed by atoms with Crippen molar-refractivity contribution in [2.45, 2.75) is 31.7 Å². The first-order chi connectivity index (χ1) is 6.98. The number of rotatable bonds is 1. The van der Waals surface area contributed by atoms with E-state index in [9.17, 15) is 4.39 Å². The molecule has 1 fully saturated rings. The van der Waals surface area contributed by atoms with Gasteiger partial charge in [0.2, 0.25) is 0 Å². The summed E-state index contributed by atoms with van der Waals surface area (Å²) in [4.78, 5) is 0. The lowest BCUT2D eigenvalue weighted by Crippen LogP contribution is -2.35. The van der Waals surface area contributed by atoms with Gasteiger partial charge >= 0.3 is 0 Å². The average molecular weight is 225 g/mol. The Balaban J connectivity index is 2.21. The van der Waals surface area contributed by atoms with Crippen LogP contribution in [-0.2, 0) is 0 Å². The number of hydrogen-bond donors (Lipinski definition) is 1. The number of benzene rings is 1. The molecule has 82 valence electrons. The third-order valence-corrected chi connectivity index (χ3v) is 4.24. The first-order valence-electron chi connectivity index (χ1n) is 5.13. The Morgan fingerprint density at radius 1 is 1.47 bits per heavy atom. The van der Waals surface area contributed by atoms with Gasteiger partial charge in [-0.1, -0.05) is 12.1 Å². The van der Waals surface area contributed by atoms with Crippen molar-refractivity contribution >= 4 is 11.8 Å². The summed E-state index contributed by atoms with van der Waals surface area (Å²) in [7, 11) is 0. The van der Waals surface area contributed by atoms with E-state index in [0.717, 1.165) is 11.3 Å². The maximum Gasteiger partial charge on any atom is 0.126 e. The predicted molar refractivity (Wildman–Crippen MR) is 63.6 cm³/mol. The van der Waals surface area contributed by atoms with Gasteiger partial charge in [-0.05, 0) is 38.0 Å². The smallest absolute Gasteiger partial charge is 0.126 e. The molecule has 0 saturated carbocycles. The summed E-state index contributed by atoms with van der Waals surface area (Å²) in [6.45, 7) is 6.13. The van der Waals surface area contributed by atoms with Crippen LogP contribution in [0.15, 0.2) is 18.2 Å². The van der Waals surface area contributed by atoms with Gasteiger partial charge < -0.3 is 0 Å². The fourth-order valence-electron chi connectivity index (χ4n) is 1.68. The topological polar surface area (TPSA) is 12.0 Å². The van der Waals surface area contributed by atoms with E-state index in [-0.39, 0.29) is 16.7 Å². The number of nitrogens with one attached hydrogen (secondary N) is 1. The SMILES string of the molecule is Cc1ccc(C2NC(C)(C)CS2)cc1F. The summed E-state index contributed by atoms with van der Waals surface area (Å²) in [5, 5.41) is 3.72. The van der Waals surface area contributed by atoms with Crippen LogP contribution in [0.3, 0.4) is 0 Å². The summed E-state index contributed by atoms with van der Waals surface area (Å²) in [5.74, 6) is 0.951. The highest BCUT2D eigenvalue weighted by Crippen LogP contribution is 2.37. The Morgan fingerprint density at radius 2 is 2.20 bits per heavy atom. The van der Waals surface area contributed by atoms with Crippen LogP contribution in [0.5, 0.6) is 0 Å². The number of thioether (sulfide) groups is 1. The van der Waals surface area contributed by atoms with Crippen LogP contribution in [0.2, 0.25) is 0 Å². The van der Waals surface area contributed by atoms with Gasteiger partial charge in [-0.3, -0.25) is 5.32 Å². The molecule has 0 bridgehead atoms. The van der Waals surface area contributed by atoms with Crippen LogP contribution >= 0.6 is 11.8 Å². The average Bonchev–Trinajstić information content (AvgIpc) is 2.51. The Morgan fingerprint density at radius 3 is 2.73 bits per heavy atom. The Labute approximate surface area is 94.5 Å². The lowest BCUT2D eigenvalue weighted by Gasteiger charge is -2.19. The molecule has 15 heavy (non-hydrogen) atoms. The molecule has 1 aromatic rings. The second kappa shape index (κ2) is 3.80. The highest BCUT2D eigenvalue weighted by molar-refractivity contribution is 7.99. The summed E-state index contributed by atoms with van der Waals surface area (Å²) >= 11 is 1.84. The van der Waals surface area contributed by atoms with Gasteiger partial charge in [-0.25, -0.2) is 4.39 Å². The van der Waals surface area contributed by atoms with E-state index in [0.29, 0.717) is 5.56 Å². The van der Waals surface area contributed by atoms with Gasteiger partial charge in [0.05, 0.1) is 5.37 Å². The molecule has 1 heterocycles. The van der Waals surface area contributed by atoms with Crippen molar-refractivity contribution in [2.24, 2.45) is 0 Å². The van der Waals surface area contributed by atoms with Crippen molar-refractivity contribution in [3.8, 4) is 0 Å². The first kappa shape index (κ1) is 11.0. The molecular weight excluding hydrogens is 209 g/mol. The number of aryl methyl sites for hydroxylation is 1. The van der Waals surface area contributed by atoms with Crippen LogP contribution in [0.25, 0.3) is 0 Å². The van der Waals surface area contributed by atoms with Gasteiger partial charge in [-0.2, -0.15) is 0 Å². The molecule has 1 nitrogen and oxygen atoms in total. The van der Waals surface area contributed by atoms with Gasteiger partial charge in [0.15, 0.2) is 0 Å². The summed E-state index contributed by atoms with van der Waals surface area (Å²) in [5.41, 5.74) is 1.89. The number of hydrogen-bond acceptors (Lipinski definition) is 2. The van der Waals surface area contributed by atoms with E-state index in [2.05, 4.69) is 19.2 Å². The minimum absolute atomic E-state index is 0.111. The molecule has 1 N–H and O–H groups in total. The summed E-state index contributed by atoms with van der Waals surface area (Å²) < 4.78 is 13.4. The molecule has 1 aromatic carbocycles. The van der Waals surface area contributed by atoms with E-state index >= 15 is 0 Å². The zero-order valence-corrected chi connectivity index (χ0v) is 10.1. The lowest BCUT2D eigenvalue weighted by atomic mass is 10.1. The molecule has 1 unspecified atom stereocenters. The highest BCUT2D eigenvalue weighted by atomic mass is 32.2. The fraction of sp³-hybridized carbons (Fsp3) is 0.500.